The summed E-state index contributed by atoms with van der Waals surface area (Å²) in [4.78, 5) is 11.6. The minimum absolute atomic E-state index is 0.137. The first-order chi connectivity index (χ1) is 5.68. The number of rotatable bonds is 1. The summed E-state index contributed by atoms with van der Waals surface area (Å²) >= 11 is 0. The molecule has 0 aliphatic heterocycles. The van der Waals surface area contributed by atoms with Crippen LogP contribution < -0.4 is 0 Å². The van der Waals surface area contributed by atoms with Gasteiger partial charge in [-0.1, -0.05) is 19.8 Å². The molecule has 0 aromatic rings. The zero-order valence-corrected chi connectivity index (χ0v) is 8.10. The van der Waals surface area contributed by atoms with E-state index in [1.807, 2.05) is 0 Å². The van der Waals surface area contributed by atoms with Gasteiger partial charge in [-0.05, 0) is 38.0 Å². The lowest BCUT2D eigenvalue weighted by Gasteiger charge is -2.56. The van der Waals surface area contributed by atoms with Crippen LogP contribution in [-0.4, -0.2) is 5.78 Å². The summed E-state index contributed by atoms with van der Waals surface area (Å²) in [5.74, 6) is 1.88. The lowest BCUT2D eigenvalue weighted by atomic mass is 9.47. The monoisotopic (exact) mass is 166 g/mol. The van der Waals surface area contributed by atoms with Crippen LogP contribution in [0.25, 0.3) is 0 Å². The summed E-state index contributed by atoms with van der Waals surface area (Å²) < 4.78 is 0. The van der Waals surface area contributed by atoms with E-state index in [0.29, 0.717) is 11.7 Å². The van der Waals surface area contributed by atoms with Gasteiger partial charge in [0.2, 0.25) is 0 Å². The van der Waals surface area contributed by atoms with E-state index in [0.717, 1.165) is 5.92 Å². The molecule has 2 rings (SSSR count). The molecular weight excluding hydrogens is 148 g/mol. The standard InChI is InChI=1S/C11H18O/c1-8-7-10-5-3-4-6-11(8,10)9(2)12/h8,10H,3-7H2,1-2H3/t8-,10?,11+/m1/s1. The smallest absolute Gasteiger partial charge is 0.136 e. The Morgan fingerprint density at radius 3 is 2.58 bits per heavy atom. The number of hydrogen-bond acceptors (Lipinski definition) is 1. The zero-order chi connectivity index (χ0) is 8.77. The number of hydrogen-bond donors (Lipinski definition) is 0. The second-order valence-corrected chi connectivity index (χ2v) is 4.68. The molecular formula is C11H18O. The molecule has 0 amide bonds. The van der Waals surface area contributed by atoms with E-state index in [1.165, 1.54) is 32.1 Å². The van der Waals surface area contributed by atoms with E-state index in [9.17, 15) is 4.79 Å². The molecule has 2 saturated carbocycles. The summed E-state index contributed by atoms with van der Waals surface area (Å²) in [6, 6.07) is 0. The van der Waals surface area contributed by atoms with Crippen LogP contribution in [-0.2, 0) is 4.79 Å². The van der Waals surface area contributed by atoms with Gasteiger partial charge in [0.15, 0.2) is 0 Å². The van der Waals surface area contributed by atoms with Gasteiger partial charge in [-0.2, -0.15) is 0 Å². The molecule has 0 N–H and O–H groups in total. The maximum atomic E-state index is 11.6. The Labute approximate surface area is 74.5 Å². The van der Waals surface area contributed by atoms with Gasteiger partial charge in [0, 0.05) is 5.41 Å². The SMILES string of the molecule is CC(=O)[C@@]12CCCCC1C[C@H]2C. The van der Waals surface area contributed by atoms with Gasteiger partial charge >= 0.3 is 0 Å². The predicted molar refractivity (Wildman–Crippen MR) is 48.9 cm³/mol. The fourth-order valence-corrected chi connectivity index (χ4v) is 3.53. The molecule has 2 fully saturated rings. The first-order valence-electron chi connectivity index (χ1n) is 5.19. The molecule has 0 radical (unpaired) electrons. The average molecular weight is 166 g/mol. The van der Waals surface area contributed by atoms with Gasteiger partial charge in [0.05, 0.1) is 0 Å². The lowest BCUT2D eigenvalue weighted by molar-refractivity contribution is -0.151. The van der Waals surface area contributed by atoms with Crippen LogP contribution in [0.2, 0.25) is 0 Å². The van der Waals surface area contributed by atoms with Gasteiger partial charge in [-0.15, -0.1) is 0 Å². The van der Waals surface area contributed by atoms with E-state index in [1.54, 1.807) is 6.92 Å². The van der Waals surface area contributed by atoms with Crippen molar-refractivity contribution in [2.24, 2.45) is 17.3 Å². The molecule has 2 aliphatic rings. The molecule has 0 saturated heterocycles. The Bertz CT molecular complexity index is 207. The quantitative estimate of drug-likeness (QED) is 0.585. The number of carbonyl (C=O) groups is 1. The largest absolute Gasteiger partial charge is 0.299 e. The summed E-state index contributed by atoms with van der Waals surface area (Å²) in [5.41, 5.74) is 0.137. The van der Waals surface area contributed by atoms with Crippen molar-refractivity contribution < 1.29 is 4.79 Å². The van der Waals surface area contributed by atoms with Crippen LogP contribution >= 0.6 is 0 Å². The maximum Gasteiger partial charge on any atom is 0.136 e. The first kappa shape index (κ1) is 8.28. The topological polar surface area (TPSA) is 17.1 Å². The fourth-order valence-electron chi connectivity index (χ4n) is 3.53. The normalized spacial score (nSPS) is 46.2. The second-order valence-electron chi connectivity index (χ2n) is 4.68. The van der Waals surface area contributed by atoms with Crippen molar-refractivity contribution >= 4 is 5.78 Å². The van der Waals surface area contributed by atoms with Gasteiger partial charge in [-0.3, -0.25) is 4.79 Å². The number of Topliss-reactive ketones (excluding diaryl/α,β-unsaturated/α-hetero) is 1. The zero-order valence-electron chi connectivity index (χ0n) is 8.10. The summed E-state index contributed by atoms with van der Waals surface area (Å²) in [7, 11) is 0. The van der Waals surface area contributed by atoms with Crippen molar-refractivity contribution in [2.45, 2.75) is 46.0 Å². The van der Waals surface area contributed by atoms with E-state index >= 15 is 0 Å². The Morgan fingerprint density at radius 2 is 2.17 bits per heavy atom. The van der Waals surface area contributed by atoms with Crippen LogP contribution in [0.1, 0.15) is 46.0 Å². The van der Waals surface area contributed by atoms with Gasteiger partial charge in [0.25, 0.3) is 0 Å². The van der Waals surface area contributed by atoms with Crippen molar-refractivity contribution in [3.8, 4) is 0 Å². The molecule has 0 spiro atoms. The van der Waals surface area contributed by atoms with Crippen molar-refractivity contribution in [3.63, 3.8) is 0 Å². The van der Waals surface area contributed by atoms with Crippen LogP contribution in [0.3, 0.4) is 0 Å². The predicted octanol–water partition coefficient (Wildman–Crippen LogP) is 2.79. The minimum Gasteiger partial charge on any atom is -0.299 e. The third-order valence-corrected chi connectivity index (χ3v) is 4.29. The highest BCUT2D eigenvalue weighted by atomic mass is 16.1. The Hall–Kier alpha value is -0.330. The summed E-state index contributed by atoms with van der Waals surface area (Å²) in [5, 5.41) is 0. The van der Waals surface area contributed by atoms with Gasteiger partial charge in [0.1, 0.15) is 5.78 Å². The molecule has 68 valence electrons. The summed E-state index contributed by atoms with van der Waals surface area (Å²) in [6.07, 6.45) is 6.42. The highest BCUT2D eigenvalue weighted by Crippen LogP contribution is 2.59. The molecule has 0 heterocycles. The molecule has 0 aromatic heterocycles. The highest BCUT2D eigenvalue weighted by Gasteiger charge is 2.56. The van der Waals surface area contributed by atoms with Crippen LogP contribution in [0.5, 0.6) is 0 Å². The Kier molecular flexibility index (Phi) is 1.78. The molecule has 1 nitrogen and oxygen atoms in total. The van der Waals surface area contributed by atoms with Crippen LogP contribution in [0.15, 0.2) is 0 Å². The summed E-state index contributed by atoms with van der Waals surface area (Å²) in [6.45, 7) is 4.05. The van der Waals surface area contributed by atoms with E-state index in [-0.39, 0.29) is 5.41 Å². The van der Waals surface area contributed by atoms with E-state index in [4.69, 9.17) is 0 Å². The van der Waals surface area contributed by atoms with Crippen molar-refractivity contribution in [1.82, 2.24) is 0 Å². The lowest BCUT2D eigenvalue weighted by Crippen LogP contribution is -2.54. The maximum absolute atomic E-state index is 11.6. The van der Waals surface area contributed by atoms with Crippen molar-refractivity contribution in [2.75, 3.05) is 0 Å². The van der Waals surface area contributed by atoms with Gasteiger partial charge in [-0.25, -0.2) is 0 Å². The third-order valence-electron chi connectivity index (χ3n) is 4.29. The molecule has 0 aromatic carbocycles. The molecule has 0 bridgehead atoms. The third kappa shape index (κ3) is 0.826. The van der Waals surface area contributed by atoms with Crippen molar-refractivity contribution in [1.29, 1.82) is 0 Å². The van der Waals surface area contributed by atoms with Gasteiger partial charge < -0.3 is 0 Å². The fraction of sp³-hybridized carbons (Fsp3) is 0.909. The van der Waals surface area contributed by atoms with E-state index < -0.39 is 0 Å². The molecule has 12 heavy (non-hydrogen) atoms. The first-order valence-corrected chi connectivity index (χ1v) is 5.19. The van der Waals surface area contributed by atoms with E-state index in [2.05, 4.69) is 6.92 Å². The van der Waals surface area contributed by atoms with Crippen molar-refractivity contribution in [3.05, 3.63) is 0 Å². The van der Waals surface area contributed by atoms with Crippen LogP contribution in [0, 0.1) is 17.3 Å². The highest BCUT2D eigenvalue weighted by molar-refractivity contribution is 5.84. The Morgan fingerprint density at radius 1 is 1.42 bits per heavy atom. The molecule has 3 atom stereocenters. The molecule has 2 aliphatic carbocycles. The number of fused-ring (bicyclic) bond motifs is 1. The molecule has 1 heteroatoms. The Balaban J connectivity index is 2.22. The average Bonchev–Trinajstić information content (AvgIpc) is 2.02. The number of carbonyl (C=O) groups excluding carboxylic acids is 1. The molecule has 1 unspecified atom stereocenters. The van der Waals surface area contributed by atoms with Crippen LogP contribution in [0.4, 0.5) is 0 Å². The number of ketones is 1. The minimum atomic E-state index is 0.137. The second kappa shape index (κ2) is 2.58.